The largest absolute Gasteiger partial charge is 0.491 e. The monoisotopic (exact) mass is 213 g/mol. The van der Waals surface area contributed by atoms with Crippen LogP contribution < -0.4 is 0 Å². The molecule has 7 heavy (non-hydrogen) atoms. The lowest BCUT2D eigenvalue weighted by molar-refractivity contribution is 2.09. The summed E-state index contributed by atoms with van der Waals surface area (Å²) in [5.41, 5.74) is 0. The summed E-state index contributed by atoms with van der Waals surface area (Å²) in [6.45, 7) is 0. The van der Waals surface area contributed by atoms with Crippen LogP contribution in [0.3, 0.4) is 0 Å². The molecule has 1 atom stereocenters. The van der Waals surface area contributed by atoms with Gasteiger partial charge in [0.15, 0.2) is 4.52 Å². The van der Waals surface area contributed by atoms with E-state index in [-0.39, 0.29) is 0 Å². The minimum atomic E-state index is -1.28. The molecular weight excluding hydrogens is 214 g/mol. The molecule has 0 saturated carbocycles. The van der Waals surface area contributed by atoms with Gasteiger partial charge in [-0.2, -0.15) is 0 Å². The predicted octanol–water partition coefficient (Wildman–Crippen LogP) is 3.97. The van der Waals surface area contributed by atoms with E-state index in [0.717, 1.165) is 0 Å². The average molecular weight is 214 g/mol. The zero-order valence-electron chi connectivity index (χ0n) is 2.88. The third kappa shape index (κ3) is 7.49. The molecule has 1 nitrogen and oxygen atoms in total. The van der Waals surface area contributed by atoms with Crippen LogP contribution in [-0.4, -0.2) is 0 Å². The second kappa shape index (κ2) is 4.38. The summed E-state index contributed by atoms with van der Waals surface area (Å²) in [6, 6.07) is 0. The van der Waals surface area contributed by atoms with Crippen molar-refractivity contribution in [2.45, 2.75) is 0 Å². The molecule has 7 heteroatoms. The Morgan fingerprint density at radius 1 is 1.29 bits per heavy atom. The third-order valence-electron chi connectivity index (χ3n) is 0.138. The maximum atomic E-state index is 5.23. The van der Waals surface area contributed by atoms with Crippen molar-refractivity contribution in [3.05, 3.63) is 0 Å². The smallest absolute Gasteiger partial charge is 0.180 e. The van der Waals surface area contributed by atoms with Crippen LogP contribution >= 0.6 is 46.3 Å². The average Bonchev–Trinajstić information content (AvgIpc) is 1.27. The Hall–Kier alpha value is 1.49. The summed E-state index contributed by atoms with van der Waals surface area (Å²) in [5, 5.41) is 0. The quantitative estimate of drug-likeness (QED) is 0.602. The van der Waals surface area contributed by atoms with Crippen molar-refractivity contribution >= 4 is 58.1 Å². The minimum absolute atomic E-state index is 1.19. The molecule has 0 aliphatic carbocycles. The van der Waals surface area contributed by atoms with E-state index in [9.17, 15) is 0 Å². The molecular formula is Cl3NP2S+2. The van der Waals surface area contributed by atoms with Gasteiger partial charge in [0.1, 0.15) is 0 Å². The van der Waals surface area contributed by atoms with E-state index in [1.165, 1.54) is 0 Å². The van der Waals surface area contributed by atoms with E-state index < -0.39 is 12.6 Å². The molecule has 0 aromatic heterocycles. The van der Waals surface area contributed by atoms with Crippen molar-refractivity contribution in [3.8, 4) is 0 Å². The highest BCUT2D eigenvalue weighted by atomic mass is 35.9. The molecule has 1 unspecified atom stereocenters. The number of nitrogens with zero attached hydrogens (tertiary/aromatic N) is 1. The Morgan fingerprint density at radius 2 is 1.71 bits per heavy atom. The minimum Gasteiger partial charge on any atom is 0.180 e. The summed E-state index contributed by atoms with van der Waals surface area (Å²) in [7, 11) is 0. The maximum Gasteiger partial charge on any atom is 0.491 e. The summed E-state index contributed by atoms with van der Waals surface area (Å²) in [6.07, 6.45) is -2.47. The molecule has 0 rings (SSSR count). The van der Waals surface area contributed by atoms with Crippen LogP contribution in [0.2, 0.25) is 0 Å². The zero-order valence-corrected chi connectivity index (χ0v) is 7.76. The van der Waals surface area contributed by atoms with E-state index in [2.05, 4.69) is 16.3 Å². The molecule has 0 N–H and O–H groups in total. The van der Waals surface area contributed by atoms with Crippen LogP contribution in [0.5, 0.6) is 0 Å². The van der Waals surface area contributed by atoms with Gasteiger partial charge in [-0.1, -0.05) is 0 Å². The van der Waals surface area contributed by atoms with Crippen molar-refractivity contribution in [3.63, 3.8) is 0 Å². The van der Waals surface area contributed by atoms with Crippen molar-refractivity contribution in [2.24, 2.45) is 4.52 Å². The zero-order chi connectivity index (χ0) is 5.86. The van der Waals surface area contributed by atoms with Crippen LogP contribution in [0.25, 0.3) is 0 Å². The number of rotatable bonds is 1. The van der Waals surface area contributed by atoms with Crippen molar-refractivity contribution in [1.29, 1.82) is 0 Å². The summed E-state index contributed by atoms with van der Waals surface area (Å²) < 4.78 is 3.52. The fourth-order valence-corrected chi connectivity index (χ4v) is 4.31. The second-order valence-electron chi connectivity index (χ2n) is 0.531. The van der Waals surface area contributed by atoms with Gasteiger partial charge in [-0.05, 0) is 0 Å². The van der Waals surface area contributed by atoms with E-state index in [4.69, 9.17) is 33.7 Å². The molecule has 0 radical (unpaired) electrons. The lowest BCUT2D eigenvalue weighted by atomic mass is 13.9. The Labute approximate surface area is 62.7 Å². The second-order valence-corrected chi connectivity index (χ2v) is 7.17. The molecule has 0 aromatic carbocycles. The van der Waals surface area contributed by atoms with Crippen molar-refractivity contribution in [2.75, 3.05) is 0 Å². The number of hydrogen-bond acceptors (Lipinski definition) is 1. The molecule has 0 bridgehead atoms. The third-order valence-corrected chi connectivity index (χ3v) is 3.72. The Balaban J connectivity index is 3.68. The van der Waals surface area contributed by atoms with Gasteiger partial charge < -0.3 is 0 Å². The SMILES string of the molecule is S=[P+](Cl)N=[P+](Cl)Cl. The van der Waals surface area contributed by atoms with E-state index in [0.29, 0.717) is 0 Å². The highest BCUT2D eigenvalue weighted by molar-refractivity contribution is 8.18. The van der Waals surface area contributed by atoms with Crippen LogP contribution in [0.1, 0.15) is 0 Å². The lowest BCUT2D eigenvalue weighted by Gasteiger charge is -1.45. The Bertz CT molecular complexity index is 106. The molecule has 0 aliphatic heterocycles. The highest BCUT2D eigenvalue weighted by Gasteiger charge is 2.14. The summed E-state index contributed by atoms with van der Waals surface area (Å²) in [5.74, 6) is 0. The van der Waals surface area contributed by atoms with Gasteiger partial charge in [0.25, 0.3) is 0 Å². The van der Waals surface area contributed by atoms with Gasteiger partial charge in [-0.3, -0.25) is 0 Å². The Morgan fingerprint density at radius 3 is 1.71 bits per heavy atom. The lowest BCUT2D eigenvalue weighted by Crippen LogP contribution is -1.20. The fourth-order valence-electron chi connectivity index (χ4n) is 0.0532. The molecule has 0 fully saturated rings. The van der Waals surface area contributed by atoms with Crippen LogP contribution in [0.4, 0.5) is 0 Å². The molecule has 0 aliphatic rings. The van der Waals surface area contributed by atoms with Gasteiger partial charge in [-0.25, -0.2) is 0 Å². The molecule has 40 valence electrons. The van der Waals surface area contributed by atoms with Crippen molar-refractivity contribution < 1.29 is 0 Å². The highest BCUT2D eigenvalue weighted by Crippen LogP contribution is 2.46. The van der Waals surface area contributed by atoms with Gasteiger partial charge in [0.2, 0.25) is 45.5 Å². The molecule has 0 aromatic rings. The Kier molecular flexibility index (Phi) is 5.31. The van der Waals surface area contributed by atoms with E-state index in [1.807, 2.05) is 0 Å². The number of hydrogen-bond donors (Lipinski definition) is 0. The summed E-state index contributed by atoms with van der Waals surface area (Å²) in [4.78, 5) is 0. The molecule has 0 heterocycles. The first-order chi connectivity index (χ1) is 3.13. The van der Waals surface area contributed by atoms with Gasteiger partial charge in [0.05, 0.1) is 0 Å². The standard InChI is InChI=1S/Cl3NP2S/c1-5(2)4-6(3)7/q+2. The normalized spacial score (nSPS) is 10.4. The van der Waals surface area contributed by atoms with Crippen LogP contribution in [0, 0.1) is 0 Å². The maximum absolute atomic E-state index is 5.23. The van der Waals surface area contributed by atoms with Gasteiger partial charge in [-0.15, -0.1) is 0 Å². The fraction of sp³-hybridized carbons (Fsp3) is 0. The van der Waals surface area contributed by atoms with E-state index >= 15 is 0 Å². The molecule has 0 spiro atoms. The van der Waals surface area contributed by atoms with Gasteiger partial charge >= 0.3 is 12.6 Å². The van der Waals surface area contributed by atoms with Gasteiger partial charge in [0, 0.05) is 0 Å². The van der Waals surface area contributed by atoms with Crippen molar-refractivity contribution in [1.82, 2.24) is 0 Å². The first-order valence-electron chi connectivity index (χ1n) is 1.09. The topological polar surface area (TPSA) is 12.4 Å². The summed E-state index contributed by atoms with van der Waals surface area (Å²) >= 11 is 20.1. The van der Waals surface area contributed by atoms with Crippen LogP contribution in [-0.2, 0) is 11.8 Å². The van der Waals surface area contributed by atoms with E-state index in [1.54, 1.807) is 0 Å². The first kappa shape index (κ1) is 8.49. The number of halogens is 3. The molecule has 0 saturated heterocycles. The first-order valence-corrected chi connectivity index (χ1v) is 7.41. The van der Waals surface area contributed by atoms with Crippen LogP contribution in [0.15, 0.2) is 4.52 Å². The molecule has 0 amide bonds. The predicted molar refractivity (Wildman–Crippen MR) is 41.2 cm³/mol.